The van der Waals surface area contributed by atoms with E-state index in [1.807, 2.05) is 13.8 Å². The highest BCUT2D eigenvalue weighted by atomic mass is 16.4. The van der Waals surface area contributed by atoms with Crippen LogP contribution in [0.3, 0.4) is 0 Å². The average molecular weight is 227 g/mol. The molecule has 16 heavy (non-hydrogen) atoms. The van der Waals surface area contributed by atoms with Crippen molar-refractivity contribution in [1.82, 2.24) is 4.90 Å². The third-order valence-corrected chi connectivity index (χ3v) is 3.37. The van der Waals surface area contributed by atoms with Crippen molar-refractivity contribution in [2.24, 2.45) is 17.8 Å². The minimum atomic E-state index is -0.826. The summed E-state index contributed by atoms with van der Waals surface area (Å²) in [6, 6.07) is 0. The molecule has 1 aliphatic rings. The van der Waals surface area contributed by atoms with Crippen molar-refractivity contribution >= 4 is 11.9 Å². The van der Waals surface area contributed by atoms with Crippen LogP contribution in [-0.4, -0.2) is 35.5 Å². The van der Waals surface area contributed by atoms with Gasteiger partial charge >= 0.3 is 5.97 Å². The maximum atomic E-state index is 12.1. The molecule has 0 aliphatic heterocycles. The minimum absolute atomic E-state index is 0.00130. The molecule has 1 aliphatic carbocycles. The second-order valence-corrected chi connectivity index (χ2v) is 4.89. The fraction of sp³-hybridized carbons (Fsp3) is 0.833. The third kappa shape index (κ3) is 2.74. The lowest BCUT2D eigenvalue weighted by molar-refractivity contribution is -0.148. The van der Waals surface area contributed by atoms with E-state index in [1.165, 1.54) is 0 Å². The Hall–Kier alpha value is -1.06. The predicted molar refractivity (Wildman–Crippen MR) is 60.9 cm³/mol. The van der Waals surface area contributed by atoms with Gasteiger partial charge in [-0.25, -0.2) is 0 Å². The number of rotatable bonds is 4. The number of hydrogen-bond donors (Lipinski definition) is 1. The first-order valence-electron chi connectivity index (χ1n) is 5.95. The minimum Gasteiger partial charge on any atom is -0.481 e. The molecule has 92 valence electrons. The highest BCUT2D eigenvalue weighted by Crippen LogP contribution is 2.37. The van der Waals surface area contributed by atoms with Crippen LogP contribution in [0.4, 0.5) is 0 Å². The summed E-state index contributed by atoms with van der Waals surface area (Å²) >= 11 is 0. The zero-order chi connectivity index (χ0) is 12.3. The standard InChI is InChI=1S/C12H21NO3/c1-4-5-13(3)11(14)9-6-8(2)7-10(9)12(15)16/h8-10H,4-7H2,1-3H3,(H,15,16). The zero-order valence-electron chi connectivity index (χ0n) is 10.3. The molecular formula is C12H21NO3. The van der Waals surface area contributed by atoms with E-state index in [-0.39, 0.29) is 11.8 Å². The van der Waals surface area contributed by atoms with Gasteiger partial charge < -0.3 is 10.0 Å². The van der Waals surface area contributed by atoms with Crippen LogP contribution in [0.5, 0.6) is 0 Å². The van der Waals surface area contributed by atoms with Crippen LogP contribution >= 0.6 is 0 Å². The second-order valence-electron chi connectivity index (χ2n) is 4.89. The van der Waals surface area contributed by atoms with E-state index >= 15 is 0 Å². The summed E-state index contributed by atoms with van der Waals surface area (Å²) < 4.78 is 0. The maximum absolute atomic E-state index is 12.1. The van der Waals surface area contributed by atoms with Gasteiger partial charge in [0.25, 0.3) is 0 Å². The molecule has 1 fully saturated rings. The van der Waals surface area contributed by atoms with Crippen molar-refractivity contribution < 1.29 is 14.7 Å². The quantitative estimate of drug-likeness (QED) is 0.793. The van der Waals surface area contributed by atoms with Crippen LogP contribution in [0.1, 0.15) is 33.1 Å². The molecule has 1 saturated carbocycles. The number of hydrogen-bond acceptors (Lipinski definition) is 2. The second kappa shape index (κ2) is 5.32. The van der Waals surface area contributed by atoms with Crippen molar-refractivity contribution in [1.29, 1.82) is 0 Å². The van der Waals surface area contributed by atoms with Crippen LogP contribution < -0.4 is 0 Å². The van der Waals surface area contributed by atoms with Crippen molar-refractivity contribution in [2.45, 2.75) is 33.1 Å². The Labute approximate surface area is 96.6 Å². The summed E-state index contributed by atoms with van der Waals surface area (Å²) in [7, 11) is 1.76. The fourth-order valence-corrected chi connectivity index (χ4v) is 2.57. The van der Waals surface area contributed by atoms with Crippen molar-refractivity contribution in [3.8, 4) is 0 Å². The number of aliphatic carboxylic acids is 1. The molecule has 0 spiro atoms. The Morgan fingerprint density at radius 1 is 1.31 bits per heavy atom. The number of nitrogens with zero attached hydrogens (tertiary/aromatic N) is 1. The van der Waals surface area contributed by atoms with E-state index in [4.69, 9.17) is 5.11 Å². The molecule has 0 saturated heterocycles. The Bertz CT molecular complexity index is 277. The lowest BCUT2D eigenvalue weighted by Gasteiger charge is -2.22. The van der Waals surface area contributed by atoms with Gasteiger partial charge in [0.05, 0.1) is 11.8 Å². The Morgan fingerprint density at radius 3 is 2.38 bits per heavy atom. The molecule has 0 bridgehead atoms. The van der Waals surface area contributed by atoms with E-state index in [2.05, 4.69) is 0 Å². The first kappa shape index (κ1) is 13.0. The molecule has 0 heterocycles. The lowest BCUT2D eigenvalue weighted by Crippen LogP contribution is -2.37. The monoisotopic (exact) mass is 227 g/mol. The highest BCUT2D eigenvalue weighted by molar-refractivity contribution is 5.85. The number of carbonyl (C=O) groups is 2. The smallest absolute Gasteiger partial charge is 0.307 e. The van der Waals surface area contributed by atoms with Crippen LogP contribution in [0.2, 0.25) is 0 Å². The van der Waals surface area contributed by atoms with Gasteiger partial charge in [0.15, 0.2) is 0 Å². The number of carboxylic acid groups (broad SMARTS) is 1. The summed E-state index contributed by atoms with van der Waals surface area (Å²) in [5.74, 6) is -1.29. The molecule has 4 nitrogen and oxygen atoms in total. The largest absolute Gasteiger partial charge is 0.481 e. The maximum Gasteiger partial charge on any atom is 0.307 e. The topological polar surface area (TPSA) is 57.6 Å². The number of carbonyl (C=O) groups excluding carboxylic acids is 1. The molecule has 4 heteroatoms. The van der Waals surface area contributed by atoms with E-state index in [0.717, 1.165) is 6.42 Å². The van der Waals surface area contributed by atoms with Crippen LogP contribution in [0.15, 0.2) is 0 Å². The van der Waals surface area contributed by atoms with Gasteiger partial charge in [-0.1, -0.05) is 13.8 Å². The predicted octanol–water partition coefficient (Wildman–Crippen LogP) is 1.60. The Morgan fingerprint density at radius 2 is 1.88 bits per heavy atom. The molecule has 0 aromatic rings. The van der Waals surface area contributed by atoms with Gasteiger partial charge in [0.1, 0.15) is 0 Å². The van der Waals surface area contributed by atoms with Crippen molar-refractivity contribution in [3.05, 3.63) is 0 Å². The van der Waals surface area contributed by atoms with E-state index in [0.29, 0.717) is 25.3 Å². The summed E-state index contributed by atoms with van der Waals surface area (Å²) in [6.07, 6.45) is 2.25. The van der Waals surface area contributed by atoms with Gasteiger partial charge in [-0.3, -0.25) is 9.59 Å². The van der Waals surface area contributed by atoms with Crippen LogP contribution in [0.25, 0.3) is 0 Å². The molecule has 1 amide bonds. The van der Waals surface area contributed by atoms with Crippen molar-refractivity contribution in [3.63, 3.8) is 0 Å². The Kier molecular flexibility index (Phi) is 4.33. The third-order valence-electron chi connectivity index (χ3n) is 3.37. The molecule has 0 radical (unpaired) electrons. The summed E-state index contributed by atoms with van der Waals surface area (Å²) in [4.78, 5) is 24.8. The van der Waals surface area contributed by atoms with Crippen LogP contribution in [-0.2, 0) is 9.59 Å². The SMILES string of the molecule is CCCN(C)C(=O)C1CC(C)CC1C(=O)O. The number of carboxylic acids is 1. The molecule has 1 rings (SSSR count). The summed E-state index contributed by atoms with van der Waals surface area (Å²) in [6.45, 7) is 4.73. The van der Waals surface area contributed by atoms with Gasteiger partial charge in [0.2, 0.25) is 5.91 Å². The van der Waals surface area contributed by atoms with Crippen LogP contribution in [0, 0.1) is 17.8 Å². The molecule has 3 atom stereocenters. The van der Waals surface area contributed by atoms with E-state index in [9.17, 15) is 9.59 Å². The first-order chi connectivity index (χ1) is 7.47. The fourth-order valence-electron chi connectivity index (χ4n) is 2.57. The van der Waals surface area contributed by atoms with E-state index in [1.54, 1.807) is 11.9 Å². The molecular weight excluding hydrogens is 206 g/mol. The first-order valence-corrected chi connectivity index (χ1v) is 5.95. The summed E-state index contributed by atoms with van der Waals surface area (Å²) in [5.41, 5.74) is 0. The van der Waals surface area contributed by atoms with Gasteiger partial charge in [-0.15, -0.1) is 0 Å². The molecule has 0 aromatic carbocycles. The normalized spacial score (nSPS) is 29.1. The number of amides is 1. The highest BCUT2D eigenvalue weighted by Gasteiger charge is 2.42. The zero-order valence-corrected chi connectivity index (χ0v) is 10.3. The molecule has 1 N–H and O–H groups in total. The summed E-state index contributed by atoms with van der Waals surface area (Å²) in [5, 5.41) is 9.09. The Balaban J connectivity index is 2.70. The van der Waals surface area contributed by atoms with Gasteiger partial charge in [0, 0.05) is 13.6 Å². The average Bonchev–Trinajstić information content (AvgIpc) is 2.59. The van der Waals surface area contributed by atoms with Gasteiger partial charge in [-0.2, -0.15) is 0 Å². The van der Waals surface area contributed by atoms with Crippen molar-refractivity contribution in [2.75, 3.05) is 13.6 Å². The van der Waals surface area contributed by atoms with E-state index < -0.39 is 11.9 Å². The lowest BCUT2D eigenvalue weighted by atomic mass is 9.95. The molecule has 0 aromatic heterocycles. The van der Waals surface area contributed by atoms with Gasteiger partial charge in [-0.05, 0) is 25.2 Å². The molecule has 3 unspecified atom stereocenters.